The molecular weight excluding hydrogens is 146 g/mol. The van der Waals surface area contributed by atoms with Crippen LogP contribution in [0.3, 0.4) is 0 Å². The first-order valence-corrected chi connectivity index (χ1v) is 3.11. The normalized spacial score (nSPS) is 9.82. The summed E-state index contributed by atoms with van der Waals surface area (Å²) in [6, 6.07) is 0. The van der Waals surface area contributed by atoms with E-state index in [1.807, 2.05) is 0 Å². The predicted molar refractivity (Wildman–Crippen MR) is 39.4 cm³/mol. The summed E-state index contributed by atoms with van der Waals surface area (Å²) in [4.78, 5) is 7.79. The molecule has 0 radical (unpaired) electrons. The van der Waals surface area contributed by atoms with E-state index in [1.165, 1.54) is 6.20 Å². The van der Waals surface area contributed by atoms with Gasteiger partial charge in [0.25, 0.3) is 0 Å². The fourth-order valence-electron chi connectivity index (χ4n) is 0.785. The third-order valence-electron chi connectivity index (χ3n) is 1.30. The maximum atomic E-state index is 8.72. The highest BCUT2D eigenvalue weighted by molar-refractivity contribution is 5.42. The van der Waals surface area contributed by atoms with Crippen molar-refractivity contribution in [1.29, 1.82) is 0 Å². The van der Waals surface area contributed by atoms with Crippen LogP contribution in [0.15, 0.2) is 6.20 Å². The van der Waals surface area contributed by atoms with E-state index in [-0.39, 0.29) is 5.23 Å². The number of hydrogen-bond donors (Lipinski definition) is 1. The predicted octanol–water partition coefficient (Wildman–Crippen LogP) is -0.0714. The monoisotopic (exact) mass is 156 g/mol. The summed E-state index contributed by atoms with van der Waals surface area (Å²) in [5.74, 6) is 0.633. The highest BCUT2D eigenvalue weighted by atomic mass is 16.8. The van der Waals surface area contributed by atoms with Crippen LogP contribution in [0.4, 0.5) is 5.69 Å². The van der Waals surface area contributed by atoms with Gasteiger partial charge in [-0.25, -0.2) is 15.2 Å². The van der Waals surface area contributed by atoms with E-state index in [0.717, 1.165) is 0 Å². The van der Waals surface area contributed by atoms with Gasteiger partial charge in [0, 0.05) is 0 Å². The minimum Gasteiger partial charge on any atom is -0.287 e. The minimum atomic E-state index is 0.259. The molecule has 1 aromatic heterocycles. The van der Waals surface area contributed by atoms with Crippen LogP contribution in [0.5, 0.6) is 0 Å². The van der Waals surface area contributed by atoms with E-state index >= 15 is 0 Å². The average Bonchev–Trinajstić information content (AvgIpc) is 1.85. The van der Waals surface area contributed by atoms with Crippen molar-refractivity contribution in [1.82, 2.24) is 9.97 Å². The summed E-state index contributed by atoms with van der Waals surface area (Å²) in [7, 11) is 0. The molecule has 0 aliphatic heterocycles. The van der Waals surface area contributed by atoms with Gasteiger partial charge in [-0.1, -0.05) is 0 Å². The molecule has 0 aromatic carbocycles. The average molecular weight is 156 g/mol. The van der Waals surface area contributed by atoms with Gasteiger partial charge in [-0.2, -0.15) is 0 Å². The molecule has 0 saturated heterocycles. The Kier molecular flexibility index (Phi) is 2.02. The second-order valence-electron chi connectivity index (χ2n) is 2.20. The molecule has 60 valence electrons. The molecule has 1 aromatic rings. The molecule has 0 spiro atoms. The molecular formula is C6H10N3O2+. The second-order valence-corrected chi connectivity index (χ2v) is 2.20. The van der Waals surface area contributed by atoms with E-state index in [4.69, 9.17) is 10.4 Å². The van der Waals surface area contributed by atoms with E-state index in [9.17, 15) is 0 Å². The van der Waals surface area contributed by atoms with Crippen LogP contribution in [0.2, 0.25) is 0 Å². The van der Waals surface area contributed by atoms with Crippen LogP contribution in [-0.2, 0) is 0 Å². The smallest absolute Gasteiger partial charge is 0.181 e. The highest BCUT2D eigenvalue weighted by Gasteiger charge is 2.08. The van der Waals surface area contributed by atoms with E-state index in [0.29, 0.717) is 17.2 Å². The molecule has 5 nitrogen and oxygen atoms in total. The van der Waals surface area contributed by atoms with Crippen LogP contribution in [0.25, 0.3) is 0 Å². The maximum Gasteiger partial charge on any atom is 0.181 e. The van der Waals surface area contributed by atoms with Gasteiger partial charge in [0.1, 0.15) is 5.82 Å². The van der Waals surface area contributed by atoms with Gasteiger partial charge in [0.05, 0.1) is 11.9 Å². The first-order chi connectivity index (χ1) is 5.11. The minimum absolute atomic E-state index is 0.259. The Morgan fingerprint density at radius 2 is 2.18 bits per heavy atom. The highest BCUT2D eigenvalue weighted by Crippen LogP contribution is 2.12. The number of aryl methyl sites for hydroxylation is 2. The fourth-order valence-corrected chi connectivity index (χ4v) is 0.785. The van der Waals surface area contributed by atoms with Crippen molar-refractivity contribution >= 4 is 5.69 Å². The summed E-state index contributed by atoms with van der Waals surface area (Å²) in [5, 5.41) is 15.8. The van der Waals surface area contributed by atoms with Crippen LogP contribution in [0.1, 0.15) is 11.5 Å². The standard InChI is InChI=1S/C6H9N3O2/c1-4-6(9(10)11)3-7-5(2)8-4/h3,10-11H,1-2H3/p+1. The lowest BCUT2D eigenvalue weighted by Crippen LogP contribution is -2.13. The Labute approximate surface area is 63.9 Å². The molecule has 1 rings (SSSR count). The molecule has 0 aliphatic carbocycles. The van der Waals surface area contributed by atoms with Gasteiger partial charge >= 0.3 is 0 Å². The van der Waals surface area contributed by atoms with Crippen molar-refractivity contribution in [2.45, 2.75) is 13.8 Å². The van der Waals surface area contributed by atoms with Crippen LogP contribution >= 0.6 is 0 Å². The van der Waals surface area contributed by atoms with Gasteiger partial charge in [-0.05, 0) is 19.1 Å². The number of hydrogen-bond acceptors (Lipinski definition) is 4. The lowest BCUT2D eigenvalue weighted by Gasteiger charge is -2.04. The van der Waals surface area contributed by atoms with E-state index in [1.54, 1.807) is 13.8 Å². The maximum absolute atomic E-state index is 8.72. The first kappa shape index (κ1) is 7.90. The Morgan fingerprint density at radius 3 is 2.64 bits per heavy atom. The molecule has 0 atom stereocenters. The number of rotatable bonds is 1. The lowest BCUT2D eigenvalue weighted by molar-refractivity contribution is 0.0284. The second kappa shape index (κ2) is 2.81. The number of anilines is 1. The summed E-state index contributed by atoms with van der Waals surface area (Å²) in [5.41, 5.74) is 0.894. The summed E-state index contributed by atoms with van der Waals surface area (Å²) >= 11 is 0. The Morgan fingerprint density at radius 1 is 1.55 bits per heavy atom. The molecule has 5 heteroatoms. The van der Waals surface area contributed by atoms with Crippen LogP contribution in [0, 0.1) is 13.8 Å². The molecule has 0 unspecified atom stereocenters. The van der Waals surface area contributed by atoms with Crippen molar-refractivity contribution < 1.29 is 10.4 Å². The molecule has 0 saturated carbocycles. The van der Waals surface area contributed by atoms with Gasteiger partial charge in [0.2, 0.25) is 0 Å². The SMILES string of the molecule is Cc1ncc(N(O)[OH2+])c(C)n1. The summed E-state index contributed by atoms with van der Waals surface area (Å²) in [6.45, 7) is 3.46. The third-order valence-corrected chi connectivity index (χ3v) is 1.30. The molecule has 11 heavy (non-hydrogen) atoms. The quantitative estimate of drug-likeness (QED) is 0.456. The lowest BCUT2D eigenvalue weighted by atomic mass is 10.4. The fraction of sp³-hybridized carbons (Fsp3) is 0.333. The van der Waals surface area contributed by atoms with Gasteiger partial charge < -0.3 is 0 Å². The van der Waals surface area contributed by atoms with Gasteiger partial charge in [-0.3, -0.25) is 5.21 Å². The molecule has 0 fully saturated rings. The molecule has 0 aliphatic rings. The van der Waals surface area contributed by atoms with Crippen molar-refractivity contribution in [3.05, 3.63) is 17.7 Å². The summed E-state index contributed by atoms with van der Waals surface area (Å²) in [6.07, 6.45) is 1.41. The Hall–Kier alpha value is -1.20. The van der Waals surface area contributed by atoms with Crippen LogP contribution < -0.4 is 5.23 Å². The largest absolute Gasteiger partial charge is 0.287 e. The molecule has 0 amide bonds. The first-order valence-electron chi connectivity index (χ1n) is 3.11. The van der Waals surface area contributed by atoms with E-state index < -0.39 is 0 Å². The van der Waals surface area contributed by atoms with Crippen molar-refractivity contribution in [3.63, 3.8) is 0 Å². The number of nitrogens with zero attached hydrogens (tertiary/aromatic N) is 3. The molecule has 0 bridgehead atoms. The van der Waals surface area contributed by atoms with E-state index in [2.05, 4.69) is 9.97 Å². The van der Waals surface area contributed by atoms with Crippen molar-refractivity contribution in [3.8, 4) is 0 Å². The Balaban J connectivity index is 3.09. The topological polar surface area (TPSA) is 72.2 Å². The van der Waals surface area contributed by atoms with Crippen molar-refractivity contribution in [2.75, 3.05) is 5.23 Å². The van der Waals surface area contributed by atoms with Crippen LogP contribution in [-0.4, -0.2) is 20.4 Å². The molecule has 1 heterocycles. The third kappa shape index (κ3) is 1.63. The zero-order valence-electron chi connectivity index (χ0n) is 6.37. The number of aromatic nitrogens is 2. The summed E-state index contributed by atoms with van der Waals surface area (Å²) < 4.78 is 0. The Bertz CT molecular complexity index is 262. The zero-order valence-corrected chi connectivity index (χ0v) is 6.37. The van der Waals surface area contributed by atoms with Gasteiger partial charge in [-0.15, -0.1) is 0 Å². The van der Waals surface area contributed by atoms with Crippen molar-refractivity contribution in [2.24, 2.45) is 0 Å². The molecule has 3 N–H and O–H groups in total. The zero-order chi connectivity index (χ0) is 8.43. The van der Waals surface area contributed by atoms with Gasteiger partial charge in [0.15, 0.2) is 5.69 Å².